The average Bonchev–Trinajstić information content (AvgIpc) is 3.16. The minimum absolute atomic E-state index is 0.0485. The number of carbonyl (C=O) groups is 3. The van der Waals surface area contributed by atoms with Gasteiger partial charge in [0, 0.05) is 16.8 Å². The van der Waals surface area contributed by atoms with Crippen molar-refractivity contribution in [3.8, 4) is 16.9 Å². The standard InChI is InChI=1S/C21H18N4O5/c1-30-17-8-3-2-7-14(17)15-11-22-25-16(10-18(26)24-19(15)25)20(27)23-13-6-4-5-12(9-13)21(28)29/h2-9,11,16H,10H2,1H3,(H,23,27)(H,24,26)(H,28,29)/t16-/m0/s1. The molecule has 152 valence electrons. The second kappa shape index (κ2) is 7.70. The van der Waals surface area contributed by atoms with Crippen molar-refractivity contribution in [2.24, 2.45) is 0 Å². The van der Waals surface area contributed by atoms with E-state index >= 15 is 0 Å². The van der Waals surface area contributed by atoms with Gasteiger partial charge >= 0.3 is 5.97 Å². The molecule has 9 nitrogen and oxygen atoms in total. The first-order chi connectivity index (χ1) is 14.5. The molecule has 1 aromatic heterocycles. The fourth-order valence-corrected chi connectivity index (χ4v) is 3.39. The van der Waals surface area contributed by atoms with Gasteiger partial charge in [-0.15, -0.1) is 0 Å². The number of hydrogen-bond acceptors (Lipinski definition) is 5. The third-order valence-corrected chi connectivity index (χ3v) is 4.80. The van der Waals surface area contributed by atoms with Crippen molar-refractivity contribution in [1.29, 1.82) is 0 Å². The van der Waals surface area contributed by atoms with Crippen LogP contribution in [0.25, 0.3) is 11.1 Å². The monoisotopic (exact) mass is 406 g/mol. The van der Waals surface area contributed by atoms with Gasteiger partial charge in [0.25, 0.3) is 0 Å². The predicted molar refractivity (Wildman–Crippen MR) is 109 cm³/mol. The van der Waals surface area contributed by atoms with Crippen LogP contribution < -0.4 is 15.4 Å². The molecule has 0 spiro atoms. The lowest BCUT2D eigenvalue weighted by atomic mass is 10.1. The molecule has 1 aliphatic rings. The van der Waals surface area contributed by atoms with E-state index in [9.17, 15) is 14.4 Å². The Kier molecular flexibility index (Phi) is 4.93. The lowest BCUT2D eigenvalue weighted by Crippen LogP contribution is -2.35. The largest absolute Gasteiger partial charge is 0.496 e. The number of aromatic nitrogens is 2. The number of amides is 2. The van der Waals surface area contributed by atoms with Crippen LogP contribution in [0.1, 0.15) is 22.8 Å². The van der Waals surface area contributed by atoms with Crippen molar-refractivity contribution in [3.63, 3.8) is 0 Å². The highest BCUT2D eigenvalue weighted by atomic mass is 16.5. The first-order valence-corrected chi connectivity index (χ1v) is 9.13. The predicted octanol–water partition coefficient (Wildman–Crippen LogP) is 2.78. The van der Waals surface area contributed by atoms with E-state index in [1.165, 1.54) is 22.9 Å². The lowest BCUT2D eigenvalue weighted by Gasteiger charge is -2.24. The molecule has 0 saturated heterocycles. The van der Waals surface area contributed by atoms with Crippen LogP contribution in [0.15, 0.2) is 54.7 Å². The summed E-state index contributed by atoms with van der Waals surface area (Å²) < 4.78 is 6.85. The Balaban J connectivity index is 1.67. The summed E-state index contributed by atoms with van der Waals surface area (Å²) in [5.41, 5.74) is 1.74. The molecule has 30 heavy (non-hydrogen) atoms. The summed E-state index contributed by atoms with van der Waals surface area (Å²) in [5, 5.41) is 18.9. The highest BCUT2D eigenvalue weighted by Gasteiger charge is 2.33. The minimum atomic E-state index is -1.10. The molecular formula is C21H18N4O5. The number of carboxylic acids is 1. The SMILES string of the molecule is COc1ccccc1-c1cnn2c1NC(=O)C[C@H]2C(=O)Nc1cccc(C(=O)O)c1. The van der Waals surface area contributed by atoms with Gasteiger partial charge in [0.15, 0.2) is 0 Å². The Morgan fingerprint density at radius 2 is 2.00 bits per heavy atom. The third kappa shape index (κ3) is 3.48. The molecule has 0 unspecified atom stereocenters. The van der Waals surface area contributed by atoms with Crippen molar-refractivity contribution in [2.75, 3.05) is 17.7 Å². The van der Waals surface area contributed by atoms with Crippen molar-refractivity contribution >= 4 is 29.3 Å². The number of benzene rings is 2. The van der Waals surface area contributed by atoms with Crippen LogP contribution in [-0.2, 0) is 9.59 Å². The smallest absolute Gasteiger partial charge is 0.335 e. The molecule has 0 bridgehead atoms. The minimum Gasteiger partial charge on any atom is -0.496 e. The molecule has 1 aliphatic heterocycles. The summed E-state index contributed by atoms with van der Waals surface area (Å²) in [4.78, 5) is 36.4. The molecule has 0 radical (unpaired) electrons. The maximum absolute atomic E-state index is 12.9. The van der Waals surface area contributed by atoms with E-state index in [0.29, 0.717) is 22.8 Å². The van der Waals surface area contributed by atoms with Gasteiger partial charge in [-0.3, -0.25) is 9.59 Å². The van der Waals surface area contributed by atoms with Crippen LogP contribution in [0.5, 0.6) is 5.75 Å². The first-order valence-electron chi connectivity index (χ1n) is 9.13. The number of rotatable bonds is 5. The van der Waals surface area contributed by atoms with E-state index in [1.54, 1.807) is 25.4 Å². The number of carboxylic acid groups (broad SMARTS) is 1. The van der Waals surface area contributed by atoms with Crippen LogP contribution in [0, 0.1) is 0 Å². The fraction of sp³-hybridized carbons (Fsp3) is 0.143. The molecule has 0 fully saturated rings. The number of ether oxygens (including phenoxy) is 1. The van der Waals surface area contributed by atoms with Crippen LogP contribution in [0.2, 0.25) is 0 Å². The fourth-order valence-electron chi connectivity index (χ4n) is 3.39. The summed E-state index contributed by atoms with van der Waals surface area (Å²) in [6.07, 6.45) is 1.48. The maximum Gasteiger partial charge on any atom is 0.335 e. The number of carbonyl (C=O) groups excluding carboxylic acids is 2. The lowest BCUT2D eigenvalue weighted by molar-refractivity contribution is -0.125. The topological polar surface area (TPSA) is 123 Å². The highest BCUT2D eigenvalue weighted by molar-refractivity contribution is 6.03. The molecule has 9 heteroatoms. The molecule has 3 N–H and O–H groups in total. The Bertz CT molecular complexity index is 1150. The summed E-state index contributed by atoms with van der Waals surface area (Å²) in [5.74, 6) is -0.879. The normalized spacial score (nSPS) is 15.1. The van der Waals surface area contributed by atoms with E-state index in [4.69, 9.17) is 9.84 Å². The zero-order chi connectivity index (χ0) is 21.3. The van der Waals surface area contributed by atoms with Gasteiger partial charge in [0.1, 0.15) is 17.6 Å². The molecule has 0 saturated carbocycles. The second-order valence-electron chi connectivity index (χ2n) is 6.70. The number of para-hydroxylation sites is 1. The molecule has 3 aromatic rings. The first kappa shape index (κ1) is 19.2. The zero-order valence-corrected chi connectivity index (χ0v) is 16.0. The van der Waals surface area contributed by atoms with Gasteiger partial charge in [-0.2, -0.15) is 5.10 Å². The van der Waals surface area contributed by atoms with Gasteiger partial charge in [-0.1, -0.05) is 24.3 Å². The number of methoxy groups -OCH3 is 1. The molecule has 4 rings (SSSR count). The number of aromatic carboxylic acids is 1. The summed E-state index contributed by atoms with van der Waals surface area (Å²) in [6.45, 7) is 0. The van der Waals surface area contributed by atoms with Gasteiger partial charge in [-0.05, 0) is 24.3 Å². The summed E-state index contributed by atoms with van der Waals surface area (Å²) in [7, 11) is 1.55. The second-order valence-corrected chi connectivity index (χ2v) is 6.70. The van der Waals surface area contributed by atoms with E-state index in [2.05, 4.69) is 15.7 Å². The number of anilines is 2. The van der Waals surface area contributed by atoms with Crippen molar-refractivity contribution in [3.05, 3.63) is 60.3 Å². The molecular weight excluding hydrogens is 388 g/mol. The van der Waals surface area contributed by atoms with Crippen molar-refractivity contribution < 1.29 is 24.2 Å². The summed E-state index contributed by atoms with van der Waals surface area (Å²) >= 11 is 0. The van der Waals surface area contributed by atoms with Crippen molar-refractivity contribution in [1.82, 2.24) is 9.78 Å². The molecule has 1 atom stereocenters. The van der Waals surface area contributed by atoms with Crippen LogP contribution in [0.3, 0.4) is 0 Å². The maximum atomic E-state index is 12.9. The van der Waals surface area contributed by atoms with E-state index < -0.39 is 17.9 Å². The van der Waals surface area contributed by atoms with Gasteiger partial charge in [0.05, 0.1) is 25.3 Å². The van der Waals surface area contributed by atoms with Crippen LogP contribution in [-0.4, -0.2) is 39.8 Å². The number of nitrogens with one attached hydrogen (secondary N) is 2. The van der Waals surface area contributed by atoms with Gasteiger partial charge in [-0.25, -0.2) is 9.48 Å². The third-order valence-electron chi connectivity index (χ3n) is 4.80. The average molecular weight is 406 g/mol. The number of fused-ring (bicyclic) bond motifs is 1. The summed E-state index contributed by atoms with van der Waals surface area (Å²) in [6, 6.07) is 12.3. The Hall–Kier alpha value is -4.14. The highest BCUT2D eigenvalue weighted by Crippen LogP contribution is 2.38. The molecule has 2 aromatic carbocycles. The Morgan fingerprint density at radius 1 is 1.20 bits per heavy atom. The zero-order valence-electron chi connectivity index (χ0n) is 16.0. The van der Waals surface area contributed by atoms with E-state index in [-0.39, 0.29) is 17.9 Å². The quantitative estimate of drug-likeness (QED) is 0.599. The molecule has 2 amide bonds. The van der Waals surface area contributed by atoms with Crippen molar-refractivity contribution in [2.45, 2.75) is 12.5 Å². The molecule has 2 heterocycles. The van der Waals surface area contributed by atoms with Crippen LogP contribution >= 0.6 is 0 Å². The van der Waals surface area contributed by atoms with Crippen LogP contribution in [0.4, 0.5) is 11.5 Å². The van der Waals surface area contributed by atoms with E-state index in [0.717, 1.165) is 5.56 Å². The van der Waals surface area contributed by atoms with Gasteiger partial charge in [0.2, 0.25) is 11.8 Å². The van der Waals surface area contributed by atoms with Gasteiger partial charge < -0.3 is 20.5 Å². The molecule has 0 aliphatic carbocycles. The number of hydrogen-bond donors (Lipinski definition) is 3. The Morgan fingerprint density at radius 3 is 2.77 bits per heavy atom. The Labute approximate surface area is 171 Å². The number of nitrogens with zero attached hydrogens (tertiary/aromatic N) is 2. The van der Waals surface area contributed by atoms with E-state index in [1.807, 2.05) is 18.2 Å².